The number of hydrogen-bond donors (Lipinski definition) is 2. The van der Waals surface area contributed by atoms with Gasteiger partial charge in [-0.2, -0.15) is 4.99 Å². The Labute approximate surface area is 137 Å². The summed E-state index contributed by atoms with van der Waals surface area (Å²) in [6.45, 7) is 6.87. The first kappa shape index (κ1) is 17.5. The fraction of sp³-hybridized carbons (Fsp3) is 0.812. The number of amidine groups is 1. The van der Waals surface area contributed by atoms with Crippen LogP contribution in [0.25, 0.3) is 0 Å². The number of likely N-dealkylation sites (tertiary alicyclic amines) is 1. The lowest BCUT2D eigenvalue weighted by molar-refractivity contribution is -0.122. The molecule has 124 valence electrons. The molecule has 0 bridgehead atoms. The largest absolute Gasteiger partial charge is 0.378 e. The average molecular weight is 324 g/mol. The number of nitrogens with two attached hydrogens (primary N) is 1. The van der Waals surface area contributed by atoms with Crippen molar-refractivity contribution in [1.82, 2.24) is 4.90 Å². The number of aliphatic imine (C=N–C) groups is 1. The Hall–Kier alpha value is -0.880. The van der Waals surface area contributed by atoms with Crippen molar-refractivity contribution < 1.29 is 4.79 Å². The van der Waals surface area contributed by atoms with Gasteiger partial charge in [0, 0.05) is 11.5 Å². The van der Waals surface area contributed by atoms with Gasteiger partial charge in [0.15, 0.2) is 5.17 Å². The molecule has 0 aromatic rings. The Morgan fingerprint density at radius 2 is 1.86 bits per heavy atom. The van der Waals surface area contributed by atoms with Crippen LogP contribution in [0.15, 0.2) is 4.99 Å². The van der Waals surface area contributed by atoms with Crippen LogP contribution in [0.1, 0.15) is 59.3 Å². The van der Waals surface area contributed by atoms with E-state index in [0.717, 1.165) is 31.1 Å². The van der Waals surface area contributed by atoms with Crippen LogP contribution in [-0.4, -0.2) is 39.6 Å². The number of carbonyl (C=O) groups is 1. The molecule has 0 spiro atoms. The number of nitrogens with one attached hydrogen (secondary N) is 1. The molecule has 1 amide bonds. The van der Waals surface area contributed by atoms with E-state index in [4.69, 9.17) is 11.1 Å². The zero-order valence-electron chi connectivity index (χ0n) is 13.9. The summed E-state index contributed by atoms with van der Waals surface area (Å²) in [5.41, 5.74) is 5.60. The Balaban J connectivity index is 1.97. The molecule has 1 heterocycles. The minimum Gasteiger partial charge on any atom is -0.378 e. The van der Waals surface area contributed by atoms with Crippen molar-refractivity contribution >= 4 is 27.9 Å². The van der Waals surface area contributed by atoms with Crippen LogP contribution in [0.3, 0.4) is 0 Å². The van der Waals surface area contributed by atoms with Gasteiger partial charge < -0.3 is 5.73 Å². The highest BCUT2D eigenvalue weighted by atomic mass is 32.2. The van der Waals surface area contributed by atoms with Crippen LogP contribution < -0.4 is 5.73 Å². The van der Waals surface area contributed by atoms with E-state index in [0.29, 0.717) is 11.1 Å². The molecule has 2 fully saturated rings. The van der Waals surface area contributed by atoms with Crippen LogP contribution in [0, 0.1) is 10.8 Å². The minimum absolute atomic E-state index is 0.105. The van der Waals surface area contributed by atoms with Gasteiger partial charge >= 0.3 is 0 Å². The second-order valence-electron chi connectivity index (χ2n) is 7.30. The zero-order valence-corrected chi connectivity index (χ0v) is 14.7. The molecule has 0 aromatic carbocycles. The summed E-state index contributed by atoms with van der Waals surface area (Å²) in [5, 5.41) is 8.61. The van der Waals surface area contributed by atoms with Crippen molar-refractivity contribution in [2.75, 3.05) is 6.54 Å². The summed E-state index contributed by atoms with van der Waals surface area (Å²) in [6, 6.07) is 0.444. The summed E-state index contributed by atoms with van der Waals surface area (Å²) in [4.78, 5) is 18.9. The monoisotopic (exact) mass is 324 g/mol. The Morgan fingerprint density at radius 3 is 2.45 bits per heavy atom. The summed E-state index contributed by atoms with van der Waals surface area (Å²) >= 11 is 1.10. The molecule has 6 heteroatoms. The normalized spacial score (nSPS) is 24.9. The second kappa shape index (κ2) is 7.13. The highest BCUT2D eigenvalue weighted by Crippen LogP contribution is 2.30. The number of thioether (sulfide) groups is 1. The lowest BCUT2D eigenvalue weighted by atomic mass is 9.99. The number of hydrogen-bond acceptors (Lipinski definition) is 4. The average Bonchev–Trinajstić information content (AvgIpc) is 3.08. The molecule has 2 aliphatic rings. The van der Waals surface area contributed by atoms with Crippen LogP contribution in [-0.2, 0) is 4.79 Å². The molecule has 0 aromatic heterocycles. The van der Waals surface area contributed by atoms with Gasteiger partial charge in [-0.15, -0.1) is 0 Å². The third-order valence-corrected chi connectivity index (χ3v) is 5.60. The zero-order chi connectivity index (χ0) is 16.3. The predicted molar refractivity (Wildman–Crippen MR) is 93.4 cm³/mol. The lowest BCUT2D eigenvalue weighted by Crippen LogP contribution is -2.42. The molecule has 1 saturated carbocycles. The van der Waals surface area contributed by atoms with E-state index < -0.39 is 0 Å². The summed E-state index contributed by atoms with van der Waals surface area (Å²) in [5.74, 6) is -0.129. The molecular formula is C16H28N4OS. The van der Waals surface area contributed by atoms with Gasteiger partial charge in [-0.05, 0) is 44.0 Å². The maximum atomic E-state index is 12.5. The van der Waals surface area contributed by atoms with Crippen molar-refractivity contribution in [3.63, 3.8) is 0 Å². The second-order valence-corrected chi connectivity index (χ2v) is 8.33. The molecule has 0 radical (unpaired) electrons. The van der Waals surface area contributed by atoms with Crippen molar-refractivity contribution in [2.24, 2.45) is 16.1 Å². The molecule has 3 N–H and O–H groups in total. The molecule has 1 atom stereocenters. The summed E-state index contributed by atoms with van der Waals surface area (Å²) < 4.78 is 0. The maximum absolute atomic E-state index is 12.5. The first-order valence-electron chi connectivity index (χ1n) is 8.19. The van der Waals surface area contributed by atoms with Crippen LogP contribution in [0.5, 0.6) is 0 Å². The highest BCUT2D eigenvalue weighted by molar-refractivity contribution is 8.26. The van der Waals surface area contributed by atoms with E-state index in [1.54, 1.807) is 0 Å². The van der Waals surface area contributed by atoms with E-state index >= 15 is 0 Å². The highest BCUT2D eigenvalue weighted by Gasteiger charge is 2.36. The van der Waals surface area contributed by atoms with E-state index in [2.05, 4.69) is 9.89 Å². The van der Waals surface area contributed by atoms with Gasteiger partial charge in [-0.3, -0.25) is 15.1 Å². The van der Waals surface area contributed by atoms with E-state index in [1.165, 1.54) is 25.7 Å². The van der Waals surface area contributed by atoms with Gasteiger partial charge in [0.25, 0.3) is 5.91 Å². The van der Waals surface area contributed by atoms with Crippen molar-refractivity contribution in [3.8, 4) is 0 Å². The van der Waals surface area contributed by atoms with Gasteiger partial charge in [0.05, 0.1) is 11.1 Å². The molecule has 5 nitrogen and oxygen atoms in total. The number of amides is 1. The fourth-order valence-electron chi connectivity index (χ4n) is 3.19. The van der Waals surface area contributed by atoms with Crippen LogP contribution >= 0.6 is 11.8 Å². The standard InChI is InChI=1S/C16H28N4OS/c1-16(2,3)14(17)22-15(18)19-13(21)12-9-6-10-20(12)11-7-4-5-8-11/h11-12,17H,4-10H2,1-3H3,(H2,18,19,21)/t12-/m0/s1. The topological polar surface area (TPSA) is 82.5 Å². The minimum atomic E-state index is -0.267. The molecule has 0 unspecified atom stereocenters. The Morgan fingerprint density at radius 1 is 1.23 bits per heavy atom. The fourth-order valence-corrected chi connectivity index (χ4v) is 3.84. The first-order chi connectivity index (χ1) is 10.3. The maximum Gasteiger partial charge on any atom is 0.265 e. The third kappa shape index (κ3) is 4.32. The molecule has 2 rings (SSSR count). The van der Waals surface area contributed by atoms with E-state index in [-0.39, 0.29) is 22.5 Å². The molecule has 1 aliphatic heterocycles. The number of nitrogens with zero attached hydrogens (tertiary/aromatic N) is 2. The first-order valence-corrected chi connectivity index (χ1v) is 9.01. The predicted octanol–water partition coefficient (Wildman–Crippen LogP) is 2.99. The van der Waals surface area contributed by atoms with Crippen molar-refractivity contribution in [1.29, 1.82) is 5.41 Å². The molecule has 1 saturated heterocycles. The van der Waals surface area contributed by atoms with E-state index in [1.807, 2.05) is 20.8 Å². The third-order valence-electron chi connectivity index (χ3n) is 4.48. The molecule has 1 aliphatic carbocycles. The summed E-state index contributed by atoms with van der Waals surface area (Å²) in [7, 11) is 0. The SMILES string of the molecule is CC(C)(C)C(=N)SC(N)=NC(=O)[C@@H]1CCCN1C1CCCC1. The van der Waals surface area contributed by atoms with E-state index in [9.17, 15) is 4.79 Å². The van der Waals surface area contributed by atoms with Gasteiger partial charge in [0.2, 0.25) is 0 Å². The van der Waals surface area contributed by atoms with Gasteiger partial charge in [-0.25, -0.2) is 0 Å². The van der Waals surface area contributed by atoms with Crippen LogP contribution in [0.4, 0.5) is 0 Å². The number of carbonyl (C=O) groups excluding carboxylic acids is 1. The Kier molecular flexibility index (Phi) is 5.66. The molecular weight excluding hydrogens is 296 g/mol. The summed E-state index contributed by atoms with van der Waals surface area (Å²) in [6.07, 6.45) is 6.89. The number of rotatable bonds is 2. The van der Waals surface area contributed by atoms with Crippen molar-refractivity contribution in [3.05, 3.63) is 0 Å². The smallest absolute Gasteiger partial charge is 0.265 e. The van der Waals surface area contributed by atoms with Crippen molar-refractivity contribution in [2.45, 2.75) is 71.4 Å². The quantitative estimate of drug-likeness (QED) is 0.604. The van der Waals surface area contributed by atoms with Gasteiger partial charge in [0.1, 0.15) is 0 Å². The van der Waals surface area contributed by atoms with Gasteiger partial charge in [-0.1, -0.05) is 33.6 Å². The molecule has 22 heavy (non-hydrogen) atoms. The van der Waals surface area contributed by atoms with Crippen LogP contribution in [0.2, 0.25) is 0 Å². The lowest BCUT2D eigenvalue weighted by Gasteiger charge is -2.28. The Bertz CT molecular complexity index is 463.